The van der Waals surface area contributed by atoms with Gasteiger partial charge in [-0.05, 0) is 57.0 Å². The van der Waals surface area contributed by atoms with Crippen molar-refractivity contribution in [3.8, 4) is 0 Å². The van der Waals surface area contributed by atoms with Crippen molar-refractivity contribution in [2.75, 3.05) is 10.6 Å². The maximum Gasteiger partial charge on any atom is 0.416 e. The van der Waals surface area contributed by atoms with Crippen LogP contribution in [0.25, 0.3) is 0 Å². The molecule has 0 aliphatic carbocycles. The quantitative estimate of drug-likeness (QED) is 0.723. The van der Waals surface area contributed by atoms with Crippen LogP contribution in [0, 0.1) is 13.8 Å². The summed E-state index contributed by atoms with van der Waals surface area (Å²) in [5.41, 5.74) is 1.62. The molecule has 2 aromatic rings. The lowest BCUT2D eigenvalue weighted by Gasteiger charge is -2.30. The number of benzene rings is 2. The second kappa shape index (κ2) is 8.67. The smallest absolute Gasteiger partial charge is 0.348 e. The molecule has 0 bridgehead atoms. The van der Waals surface area contributed by atoms with Gasteiger partial charge in [0.25, 0.3) is 0 Å². The number of carbonyl (C=O) groups is 1. The summed E-state index contributed by atoms with van der Waals surface area (Å²) in [5.74, 6) is -0.619. The highest BCUT2D eigenvalue weighted by molar-refractivity contribution is 7.92. The van der Waals surface area contributed by atoms with Crippen LogP contribution in [-0.4, -0.2) is 26.6 Å². The van der Waals surface area contributed by atoms with Gasteiger partial charge in [-0.2, -0.15) is 13.2 Å². The van der Waals surface area contributed by atoms with Crippen LogP contribution in [0.5, 0.6) is 0 Å². The molecule has 5 nitrogen and oxygen atoms in total. The molecule has 9 heteroatoms. The molecule has 0 radical (unpaired) electrons. The fourth-order valence-electron chi connectivity index (χ4n) is 3.27. The monoisotopic (exact) mass is 442 g/mol. The molecule has 0 spiro atoms. The van der Waals surface area contributed by atoms with Crippen LogP contribution < -0.4 is 9.62 Å². The first-order valence-corrected chi connectivity index (χ1v) is 11.1. The molecule has 0 aliphatic rings. The van der Waals surface area contributed by atoms with E-state index in [1.807, 2.05) is 32.0 Å². The highest BCUT2D eigenvalue weighted by Crippen LogP contribution is 2.33. The van der Waals surface area contributed by atoms with Crippen molar-refractivity contribution in [3.05, 3.63) is 64.7 Å². The Balaban J connectivity index is 2.35. The van der Waals surface area contributed by atoms with Gasteiger partial charge in [0.2, 0.25) is 15.9 Å². The van der Waals surface area contributed by atoms with Crippen molar-refractivity contribution >= 4 is 21.6 Å². The number of halogens is 3. The average Bonchev–Trinajstić information content (AvgIpc) is 2.62. The largest absolute Gasteiger partial charge is 0.416 e. The molecule has 0 unspecified atom stereocenters. The molecule has 0 saturated carbocycles. The van der Waals surface area contributed by atoms with E-state index in [9.17, 15) is 26.4 Å². The molecule has 1 amide bonds. The number of aryl methyl sites for hydroxylation is 2. The Hall–Kier alpha value is -2.55. The van der Waals surface area contributed by atoms with E-state index in [0.717, 1.165) is 41.1 Å². The van der Waals surface area contributed by atoms with E-state index < -0.39 is 39.8 Å². The number of sulfonamides is 1. The second-order valence-electron chi connectivity index (χ2n) is 7.37. The number of nitrogens with one attached hydrogen (secondary N) is 1. The van der Waals surface area contributed by atoms with Crippen LogP contribution in [0.2, 0.25) is 0 Å². The normalized spacial score (nSPS) is 14.1. The second-order valence-corrected chi connectivity index (χ2v) is 9.23. The number of alkyl halides is 3. The molecule has 30 heavy (non-hydrogen) atoms. The van der Waals surface area contributed by atoms with Crippen molar-refractivity contribution in [2.45, 2.75) is 46.0 Å². The number of hydrogen-bond acceptors (Lipinski definition) is 3. The Morgan fingerprint density at radius 2 is 1.70 bits per heavy atom. The predicted molar refractivity (Wildman–Crippen MR) is 111 cm³/mol. The third-order valence-electron chi connectivity index (χ3n) is 4.78. The van der Waals surface area contributed by atoms with Crippen LogP contribution in [0.4, 0.5) is 18.9 Å². The van der Waals surface area contributed by atoms with Gasteiger partial charge in [0.1, 0.15) is 6.04 Å². The first kappa shape index (κ1) is 23.7. The van der Waals surface area contributed by atoms with Gasteiger partial charge in [-0.1, -0.05) is 29.8 Å². The van der Waals surface area contributed by atoms with Gasteiger partial charge >= 0.3 is 6.18 Å². The number of rotatable bonds is 6. The Morgan fingerprint density at radius 1 is 1.07 bits per heavy atom. The van der Waals surface area contributed by atoms with Crippen LogP contribution in [0.1, 0.15) is 42.1 Å². The predicted octanol–water partition coefficient (Wildman–Crippen LogP) is 4.35. The van der Waals surface area contributed by atoms with E-state index in [1.165, 1.54) is 13.0 Å². The van der Waals surface area contributed by atoms with Gasteiger partial charge in [-0.3, -0.25) is 9.10 Å². The van der Waals surface area contributed by atoms with Crippen molar-refractivity contribution in [1.82, 2.24) is 5.32 Å². The van der Waals surface area contributed by atoms with E-state index in [4.69, 9.17) is 0 Å². The van der Waals surface area contributed by atoms with Gasteiger partial charge in [0.15, 0.2) is 0 Å². The summed E-state index contributed by atoms with van der Waals surface area (Å²) >= 11 is 0. The van der Waals surface area contributed by atoms with Crippen molar-refractivity contribution in [3.63, 3.8) is 0 Å². The minimum Gasteiger partial charge on any atom is -0.348 e. The van der Waals surface area contributed by atoms with Gasteiger partial charge in [0.05, 0.1) is 23.5 Å². The molecule has 0 saturated heterocycles. The van der Waals surface area contributed by atoms with E-state index in [-0.39, 0.29) is 5.69 Å². The third-order valence-corrected chi connectivity index (χ3v) is 6.02. The zero-order valence-corrected chi connectivity index (χ0v) is 18.2. The minimum absolute atomic E-state index is 0.227. The highest BCUT2D eigenvalue weighted by Gasteiger charge is 2.34. The van der Waals surface area contributed by atoms with Crippen LogP contribution in [0.3, 0.4) is 0 Å². The lowest BCUT2D eigenvalue weighted by atomic mass is 10.00. The Bertz CT molecular complexity index is 1040. The fourth-order valence-corrected chi connectivity index (χ4v) is 4.43. The third kappa shape index (κ3) is 5.53. The van der Waals surface area contributed by atoms with Gasteiger partial charge < -0.3 is 5.32 Å². The molecule has 2 aromatic carbocycles. The molecule has 2 atom stereocenters. The summed E-state index contributed by atoms with van der Waals surface area (Å²) in [7, 11) is -4.03. The van der Waals surface area contributed by atoms with E-state index >= 15 is 0 Å². The van der Waals surface area contributed by atoms with Crippen LogP contribution >= 0.6 is 0 Å². The van der Waals surface area contributed by atoms with Crippen molar-refractivity contribution < 1.29 is 26.4 Å². The van der Waals surface area contributed by atoms with Crippen molar-refractivity contribution in [1.29, 1.82) is 0 Å². The topological polar surface area (TPSA) is 66.5 Å². The summed E-state index contributed by atoms with van der Waals surface area (Å²) in [6, 6.07) is 8.02. The Kier molecular flexibility index (Phi) is 6.86. The number of carbonyl (C=O) groups excluding carboxylic acids is 1. The lowest BCUT2D eigenvalue weighted by Crippen LogP contribution is -2.48. The molecule has 0 aliphatic heterocycles. The van der Waals surface area contributed by atoms with E-state index in [1.54, 1.807) is 6.92 Å². The number of hydrogen-bond donors (Lipinski definition) is 1. The number of amides is 1. The molecule has 0 heterocycles. The summed E-state index contributed by atoms with van der Waals surface area (Å²) in [4.78, 5) is 12.8. The Morgan fingerprint density at radius 3 is 2.27 bits per heavy atom. The maximum absolute atomic E-state index is 13.1. The number of nitrogens with zero attached hydrogens (tertiary/aromatic N) is 1. The molecule has 1 N–H and O–H groups in total. The van der Waals surface area contributed by atoms with Gasteiger partial charge in [-0.15, -0.1) is 0 Å². The van der Waals surface area contributed by atoms with Crippen LogP contribution in [0.15, 0.2) is 42.5 Å². The maximum atomic E-state index is 13.1. The Labute approximate surface area is 175 Å². The zero-order valence-electron chi connectivity index (χ0n) is 17.4. The van der Waals surface area contributed by atoms with Crippen LogP contribution in [-0.2, 0) is 21.0 Å². The molecule has 2 rings (SSSR count). The SMILES string of the molecule is Cc1ccc(C)c([C@H](C)NC(=O)[C@@H](C)N(c2cccc(C(F)(F)F)c2)S(C)(=O)=O)c1. The summed E-state index contributed by atoms with van der Waals surface area (Å²) in [6.07, 6.45) is -3.78. The van der Waals surface area contributed by atoms with E-state index in [0.29, 0.717) is 4.31 Å². The number of anilines is 1. The average molecular weight is 443 g/mol. The molecular formula is C21H25F3N2O3S. The summed E-state index contributed by atoms with van der Waals surface area (Å²) in [6.45, 7) is 6.92. The summed E-state index contributed by atoms with van der Waals surface area (Å²) < 4.78 is 64.6. The first-order chi connectivity index (χ1) is 13.7. The van der Waals surface area contributed by atoms with Gasteiger partial charge in [0, 0.05) is 0 Å². The van der Waals surface area contributed by atoms with Crippen molar-refractivity contribution in [2.24, 2.45) is 0 Å². The molecular weight excluding hydrogens is 417 g/mol. The molecule has 164 valence electrons. The standard InChI is InChI=1S/C21H25F3N2O3S/c1-13-9-10-14(2)19(11-13)15(3)25-20(27)16(4)26(30(5,28)29)18-8-6-7-17(12-18)21(22,23)24/h6-12,15-16H,1-5H3,(H,25,27)/t15-,16+/m0/s1. The summed E-state index contributed by atoms with van der Waals surface area (Å²) in [5, 5.41) is 2.76. The van der Waals surface area contributed by atoms with E-state index in [2.05, 4.69) is 5.32 Å². The molecule has 0 aromatic heterocycles. The minimum atomic E-state index is -4.64. The zero-order chi connectivity index (χ0) is 22.9. The first-order valence-electron chi connectivity index (χ1n) is 9.26. The lowest BCUT2D eigenvalue weighted by molar-refractivity contribution is -0.137. The van der Waals surface area contributed by atoms with Gasteiger partial charge in [-0.25, -0.2) is 8.42 Å². The fraction of sp³-hybridized carbons (Fsp3) is 0.381. The molecule has 0 fully saturated rings. The highest BCUT2D eigenvalue weighted by atomic mass is 32.2.